The summed E-state index contributed by atoms with van der Waals surface area (Å²) in [6.45, 7) is 0.837. The zero-order chi connectivity index (χ0) is 6.32. The van der Waals surface area contributed by atoms with Gasteiger partial charge in [-0.2, -0.15) is 0 Å². The molecule has 2 fully saturated rings. The molecule has 0 spiro atoms. The average Bonchev–Trinajstić information content (AvgIpc) is 2.68. The molecule has 2 rings (SSSR count). The Kier molecular flexibility index (Phi) is 1.08. The Morgan fingerprint density at radius 3 is 2.44 bits per heavy atom. The van der Waals surface area contributed by atoms with Gasteiger partial charge in [0.2, 0.25) is 0 Å². The minimum Gasteiger partial charge on any atom is -0.329 e. The molecule has 0 saturated heterocycles. The summed E-state index contributed by atoms with van der Waals surface area (Å²) in [5.74, 6) is 0. The lowest BCUT2D eigenvalue weighted by Gasteiger charge is -2.12. The molecule has 0 aliphatic heterocycles. The topological polar surface area (TPSA) is 38.0 Å². The summed E-state index contributed by atoms with van der Waals surface area (Å²) in [6, 6.07) is 0.830. The minimum atomic E-state index is 0.404. The molecule has 0 atom stereocenters. The number of nitrogens with two attached hydrogens (primary N) is 1. The molecule has 0 bridgehead atoms. The maximum atomic E-state index is 5.58. The van der Waals surface area contributed by atoms with Gasteiger partial charge >= 0.3 is 0 Å². The quantitative estimate of drug-likeness (QED) is 0.568. The number of hydrogen-bond donors (Lipinski definition) is 2. The van der Waals surface area contributed by atoms with Gasteiger partial charge in [-0.3, -0.25) is 0 Å². The molecule has 2 aliphatic rings. The van der Waals surface area contributed by atoms with E-state index in [2.05, 4.69) is 5.32 Å². The molecule has 2 aliphatic carbocycles. The van der Waals surface area contributed by atoms with Crippen molar-refractivity contribution >= 4 is 0 Å². The fraction of sp³-hybridized carbons (Fsp3) is 1.00. The third kappa shape index (κ3) is 1.10. The maximum Gasteiger partial charge on any atom is 0.0307 e. The first-order valence-electron chi connectivity index (χ1n) is 3.82. The third-order valence-electron chi connectivity index (χ3n) is 2.33. The molecule has 9 heavy (non-hydrogen) atoms. The average molecular weight is 126 g/mol. The van der Waals surface area contributed by atoms with Crippen LogP contribution in [-0.2, 0) is 0 Å². The molecule has 0 amide bonds. The number of hydrogen-bond acceptors (Lipinski definition) is 2. The summed E-state index contributed by atoms with van der Waals surface area (Å²) < 4.78 is 0. The molecule has 0 radical (unpaired) electrons. The van der Waals surface area contributed by atoms with Gasteiger partial charge in [0.25, 0.3) is 0 Å². The van der Waals surface area contributed by atoms with Crippen LogP contribution in [-0.4, -0.2) is 18.1 Å². The molecular weight excluding hydrogens is 112 g/mol. The molecule has 0 aromatic carbocycles. The fourth-order valence-electron chi connectivity index (χ4n) is 1.22. The third-order valence-corrected chi connectivity index (χ3v) is 2.33. The van der Waals surface area contributed by atoms with Crippen molar-refractivity contribution in [2.24, 2.45) is 5.73 Å². The predicted octanol–water partition coefficient (Wildman–Crippen LogP) is 0.230. The van der Waals surface area contributed by atoms with E-state index in [-0.39, 0.29) is 0 Å². The highest BCUT2D eigenvalue weighted by Gasteiger charge is 2.44. The molecule has 0 heterocycles. The van der Waals surface area contributed by atoms with Gasteiger partial charge in [-0.1, -0.05) is 0 Å². The molecule has 0 aromatic heterocycles. The van der Waals surface area contributed by atoms with Crippen LogP contribution in [0.1, 0.15) is 25.7 Å². The lowest BCUT2D eigenvalue weighted by atomic mass is 10.3. The van der Waals surface area contributed by atoms with E-state index in [1.165, 1.54) is 25.7 Å². The molecule has 2 nitrogen and oxygen atoms in total. The maximum absolute atomic E-state index is 5.58. The van der Waals surface area contributed by atoms with Gasteiger partial charge in [0.15, 0.2) is 0 Å². The second-order valence-electron chi connectivity index (χ2n) is 3.40. The standard InChI is InChI=1S/C7H14N2/c8-5-7(3-4-7)9-6-1-2-6/h6,9H,1-5,8H2. The summed E-state index contributed by atoms with van der Waals surface area (Å²) in [5.41, 5.74) is 5.99. The van der Waals surface area contributed by atoms with Crippen molar-refractivity contribution in [2.75, 3.05) is 6.54 Å². The van der Waals surface area contributed by atoms with Crippen molar-refractivity contribution in [2.45, 2.75) is 37.3 Å². The van der Waals surface area contributed by atoms with Crippen molar-refractivity contribution in [3.05, 3.63) is 0 Å². The largest absolute Gasteiger partial charge is 0.329 e. The second-order valence-corrected chi connectivity index (χ2v) is 3.40. The fourth-order valence-corrected chi connectivity index (χ4v) is 1.22. The first kappa shape index (κ1) is 5.69. The monoisotopic (exact) mass is 126 g/mol. The Balaban J connectivity index is 1.81. The van der Waals surface area contributed by atoms with E-state index in [9.17, 15) is 0 Å². The second kappa shape index (κ2) is 1.70. The van der Waals surface area contributed by atoms with Crippen LogP contribution in [0, 0.1) is 0 Å². The van der Waals surface area contributed by atoms with Gasteiger partial charge in [0, 0.05) is 18.1 Å². The molecule has 2 saturated carbocycles. The Labute approximate surface area is 55.8 Å². The molecule has 52 valence electrons. The van der Waals surface area contributed by atoms with Crippen molar-refractivity contribution < 1.29 is 0 Å². The van der Waals surface area contributed by atoms with Crippen LogP contribution in [0.2, 0.25) is 0 Å². The predicted molar refractivity (Wildman–Crippen MR) is 37.2 cm³/mol. The lowest BCUT2D eigenvalue weighted by Crippen LogP contribution is -2.39. The van der Waals surface area contributed by atoms with Crippen LogP contribution in [0.5, 0.6) is 0 Å². The van der Waals surface area contributed by atoms with Crippen LogP contribution in [0.15, 0.2) is 0 Å². The molecule has 0 aromatic rings. The summed E-state index contributed by atoms with van der Waals surface area (Å²) in [5, 5.41) is 3.57. The Morgan fingerprint density at radius 2 is 2.11 bits per heavy atom. The van der Waals surface area contributed by atoms with E-state index in [1.54, 1.807) is 0 Å². The van der Waals surface area contributed by atoms with Gasteiger partial charge in [-0.05, 0) is 25.7 Å². The highest BCUT2D eigenvalue weighted by molar-refractivity contribution is 5.06. The van der Waals surface area contributed by atoms with Crippen LogP contribution >= 0.6 is 0 Å². The van der Waals surface area contributed by atoms with Crippen LogP contribution in [0.3, 0.4) is 0 Å². The van der Waals surface area contributed by atoms with Gasteiger partial charge in [-0.15, -0.1) is 0 Å². The Bertz CT molecular complexity index is 114. The van der Waals surface area contributed by atoms with Crippen molar-refractivity contribution in [1.82, 2.24) is 5.32 Å². The first-order valence-corrected chi connectivity index (χ1v) is 3.82. The van der Waals surface area contributed by atoms with Crippen molar-refractivity contribution in [3.63, 3.8) is 0 Å². The highest BCUT2D eigenvalue weighted by atomic mass is 15.1. The summed E-state index contributed by atoms with van der Waals surface area (Å²) in [6.07, 6.45) is 5.36. The van der Waals surface area contributed by atoms with Gasteiger partial charge in [-0.25, -0.2) is 0 Å². The van der Waals surface area contributed by atoms with Gasteiger partial charge < -0.3 is 11.1 Å². The van der Waals surface area contributed by atoms with E-state index in [4.69, 9.17) is 5.73 Å². The summed E-state index contributed by atoms with van der Waals surface area (Å²) in [4.78, 5) is 0. The van der Waals surface area contributed by atoms with E-state index in [0.717, 1.165) is 12.6 Å². The van der Waals surface area contributed by atoms with E-state index in [0.29, 0.717) is 5.54 Å². The Hall–Kier alpha value is -0.0800. The van der Waals surface area contributed by atoms with E-state index in [1.807, 2.05) is 0 Å². The molecule has 3 N–H and O–H groups in total. The van der Waals surface area contributed by atoms with Crippen LogP contribution in [0.25, 0.3) is 0 Å². The molecule has 2 heteroatoms. The number of rotatable bonds is 3. The normalized spacial score (nSPS) is 30.3. The smallest absolute Gasteiger partial charge is 0.0307 e. The number of nitrogens with one attached hydrogen (secondary N) is 1. The minimum absolute atomic E-state index is 0.404. The van der Waals surface area contributed by atoms with Crippen molar-refractivity contribution in [3.8, 4) is 0 Å². The molecular formula is C7H14N2. The van der Waals surface area contributed by atoms with E-state index >= 15 is 0 Å². The first-order chi connectivity index (χ1) is 4.35. The summed E-state index contributed by atoms with van der Waals surface area (Å²) in [7, 11) is 0. The summed E-state index contributed by atoms with van der Waals surface area (Å²) >= 11 is 0. The highest BCUT2D eigenvalue weighted by Crippen LogP contribution is 2.37. The van der Waals surface area contributed by atoms with Gasteiger partial charge in [0.1, 0.15) is 0 Å². The molecule has 0 unspecified atom stereocenters. The zero-order valence-electron chi connectivity index (χ0n) is 5.69. The van der Waals surface area contributed by atoms with Crippen LogP contribution < -0.4 is 11.1 Å². The van der Waals surface area contributed by atoms with E-state index < -0.39 is 0 Å². The van der Waals surface area contributed by atoms with Crippen molar-refractivity contribution in [1.29, 1.82) is 0 Å². The van der Waals surface area contributed by atoms with Crippen LogP contribution in [0.4, 0.5) is 0 Å². The zero-order valence-corrected chi connectivity index (χ0v) is 5.69. The lowest BCUT2D eigenvalue weighted by molar-refractivity contribution is 0.503. The Morgan fingerprint density at radius 1 is 1.44 bits per heavy atom. The van der Waals surface area contributed by atoms with Gasteiger partial charge in [0.05, 0.1) is 0 Å². The SMILES string of the molecule is NCC1(NC2CC2)CC1.